The Kier molecular flexibility index (Phi) is 11.3. The van der Waals surface area contributed by atoms with E-state index in [2.05, 4.69) is 10.6 Å². The zero-order valence-electron chi connectivity index (χ0n) is 17.4. The molecule has 176 valence electrons. The van der Waals surface area contributed by atoms with Crippen LogP contribution < -0.4 is 22.1 Å². The number of nitrogens with one attached hydrogen (secondary N) is 2. The van der Waals surface area contributed by atoms with Gasteiger partial charge in [-0.15, -0.1) is 0 Å². The zero-order valence-corrected chi connectivity index (χ0v) is 18.2. The van der Waals surface area contributed by atoms with Crippen molar-refractivity contribution >= 4 is 41.4 Å². The number of likely N-dealkylation sites (tertiary alicyclic amines) is 1. The van der Waals surface area contributed by atoms with E-state index in [9.17, 15) is 34.2 Å². The number of carbonyl (C=O) groups excluding carboxylic acids is 4. The third-order valence-electron chi connectivity index (χ3n) is 4.90. The maximum Gasteiger partial charge on any atom is 0.326 e. The van der Waals surface area contributed by atoms with Crippen molar-refractivity contribution in [1.82, 2.24) is 15.5 Å². The molecular weight excluding hydrogens is 430 g/mol. The summed E-state index contributed by atoms with van der Waals surface area (Å²) in [5.41, 5.74) is 10.8. The van der Waals surface area contributed by atoms with Crippen LogP contribution in [0.3, 0.4) is 0 Å². The number of amides is 4. The van der Waals surface area contributed by atoms with E-state index in [0.29, 0.717) is 18.6 Å². The Labute approximate surface area is 184 Å². The molecule has 0 bridgehead atoms. The fourth-order valence-corrected chi connectivity index (χ4v) is 3.63. The van der Waals surface area contributed by atoms with Crippen LogP contribution in [0.25, 0.3) is 0 Å². The van der Waals surface area contributed by atoms with Crippen LogP contribution in [-0.4, -0.2) is 94.0 Å². The molecule has 0 aliphatic carbocycles. The van der Waals surface area contributed by atoms with Crippen LogP contribution in [0.5, 0.6) is 0 Å². The number of aliphatic hydroxyl groups is 1. The third kappa shape index (κ3) is 8.34. The van der Waals surface area contributed by atoms with Gasteiger partial charge in [0.2, 0.25) is 23.6 Å². The summed E-state index contributed by atoms with van der Waals surface area (Å²) in [6, 6.07) is -4.43. The molecule has 1 fully saturated rings. The van der Waals surface area contributed by atoms with Crippen molar-refractivity contribution in [3.63, 3.8) is 0 Å². The molecule has 1 rings (SSSR count). The van der Waals surface area contributed by atoms with Crippen LogP contribution in [0.2, 0.25) is 0 Å². The van der Waals surface area contributed by atoms with Gasteiger partial charge < -0.3 is 37.2 Å². The quantitative estimate of drug-likeness (QED) is 0.169. The van der Waals surface area contributed by atoms with Gasteiger partial charge in [0.1, 0.15) is 18.1 Å². The number of nitrogens with zero attached hydrogens (tertiary/aromatic N) is 1. The molecular formula is C18H31N5O7S. The minimum Gasteiger partial charge on any atom is -0.480 e. The van der Waals surface area contributed by atoms with Crippen LogP contribution in [-0.2, 0) is 24.0 Å². The first kappa shape index (κ1) is 26.7. The lowest BCUT2D eigenvalue weighted by Crippen LogP contribution is -2.58. The second-order valence-corrected chi connectivity index (χ2v) is 8.21. The largest absolute Gasteiger partial charge is 0.480 e. The second kappa shape index (κ2) is 13.1. The first-order valence-electron chi connectivity index (χ1n) is 9.90. The van der Waals surface area contributed by atoms with Gasteiger partial charge in [0.05, 0.1) is 12.6 Å². The third-order valence-corrected chi connectivity index (χ3v) is 5.54. The maximum absolute atomic E-state index is 12.7. The van der Waals surface area contributed by atoms with Crippen molar-refractivity contribution in [2.24, 2.45) is 11.5 Å². The number of rotatable bonds is 13. The van der Waals surface area contributed by atoms with Crippen molar-refractivity contribution in [3.8, 4) is 0 Å². The second-order valence-electron chi connectivity index (χ2n) is 7.23. The van der Waals surface area contributed by atoms with E-state index in [4.69, 9.17) is 11.5 Å². The average molecular weight is 462 g/mol. The molecule has 1 heterocycles. The van der Waals surface area contributed by atoms with Gasteiger partial charge in [0, 0.05) is 13.0 Å². The monoisotopic (exact) mass is 461 g/mol. The molecule has 1 aliphatic heterocycles. The van der Waals surface area contributed by atoms with Crippen molar-refractivity contribution in [2.45, 2.75) is 56.3 Å². The van der Waals surface area contributed by atoms with E-state index < -0.39 is 60.4 Å². The van der Waals surface area contributed by atoms with Crippen LogP contribution in [0, 0.1) is 0 Å². The molecule has 0 radical (unpaired) electrons. The highest BCUT2D eigenvalue weighted by Gasteiger charge is 2.38. The van der Waals surface area contributed by atoms with E-state index in [1.165, 1.54) is 11.8 Å². The average Bonchev–Trinajstić information content (AvgIpc) is 3.22. The van der Waals surface area contributed by atoms with Crippen LogP contribution in [0.1, 0.15) is 32.1 Å². The number of aliphatic carboxylic acids is 1. The Hall–Kier alpha value is -2.38. The number of carbonyl (C=O) groups is 5. The molecule has 0 spiro atoms. The lowest BCUT2D eigenvalue weighted by Gasteiger charge is -2.28. The molecule has 8 N–H and O–H groups in total. The number of carboxylic acids is 1. The molecule has 0 aromatic heterocycles. The van der Waals surface area contributed by atoms with Crippen molar-refractivity contribution in [1.29, 1.82) is 0 Å². The number of hydrogen-bond donors (Lipinski definition) is 6. The highest BCUT2D eigenvalue weighted by atomic mass is 32.2. The Bertz CT molecular complexity index is 678. The molecule has 0 saturated carbocycles. The minimum absolute atomic E-state index is 0.0152. The van der Waals surface area contributed by atoms with Gasteiger partial charge in [-0.2, -0.15) is 11.8 Å². The van der Waals surface area contributed by atoms with Crippen molar-refractivity contribution in [3.05, 3.63) is 0 Å². The Morgan fingerprint density at radius 2 is 1.77 bits per heavy atom. The smallest absolute Gasteiger partial charge is 0.326 e. The Morgan fingerprint density at radius 1 is 1.13 bits per heavy atom. The summed E-state index contributed by atoms with van der Waals surface area (Å²) in [7, 11) is 0. The number of aliphatic hydroxyl groups excluding tert-OH is 1. The summed E-state index contributed by atoms with van der Waals surface area (Å²) in [6.45, 7) is -0.516. The molecule has 1 aliphatic rings. The summed E-state index contributed by atoms with van der Waals surface area (Å²) >= 11 is 1.44. The van der Waals surface area contributed by atoms with Gasteiger partial charge in [-0.25, -0.2) is 4.79 Å². The summed E-state index contributed by atoms with van der Waals surface area (Å²) in [5, 5.41) is 23.8. The van der Waals surface area contributed by atoms with Gasteiger partial charge in [0.15, 0.2) is 0 Å². The number of thioether (sulfide) groups is 1. The van der Waals surface area contributed by atoms with E-state index >= 15 is 0 Å². The lowest BCUT2D eigenvalue weighted by atomic mass is 10.1. The standard InChI is InChI=1S/C18H31N5O7S/c1-31-8-6-11(21-15(26)10(19)4-5-14(20)25)16(27)22-12(9-24)17(28)23-7-2-3-13(23)18(29)30/h10-13,24H,2-9,19H2,1H3,(H2,20,25)(H,21,26)(H,22,27)(H,29,30). The van der Waals surface area contributed by atoms with Gasteiger partial charge in [-0.3, -0.25) is 19.2 Å². The summed E-state index contributed by atoms with van der Waals surface area (Å²) in [5.74, 6) is -3.30. The minimum atomic E-state index is -1.34. The molecule has 13 heteroatoms. The van der Waals surface area contributed by atoms with Gasteiger partial charge in [-0.05, 0) is 37.7 Å². The SMILES string of the molecule is CSCCC(NC(=O)C(N)CCC(N)=O)C(=O)NC(CO)C(=O)N1CCCC1C(=O)O. The fraction of sp³-hybridized carbons (Fsp3) is 0.722. The summed E-state index contributed by atoms with van der Waals surface area (Å²) in [6.07, 6.45) is 2.77. The van der Waals surface area contributed by atoms with Gasteiger partial charge >= 0.3 is 5.97 Å². The predicted molar refractivity (Wildman–Crippen MR) is 113 cm³/mol. The maximum atomic E-state index is 12.7. The number of carboxylic acid groups (broad SMARTS) is 1. The van der Waals surface area contributed by atoms with Crippen molar-refractivity contribution < 1.29 is 34.2 Å². The van der Waals surface area contributed by atoms with Crippen LogP contribution in [0.4, 0.5) is 0 Å². The molecule has 0 aromatic carbocycles. The van der Waals surface area contributed by atoms with Crippen LogP contribution in [0.15, 0.2) is 0 Å². The highest BCUT2D eigenvalue weighted by molar-refractivity contribution is 7.98. The molecule has 0 aromatic rings. The van der Waals surface area contributed by atoms with Crippen molar-refractivity contribution in [2.75, 3.05) is 25.2 Å². The Balaban J connectivity index is 2.81. The zero-order chi connectivity index (χ0) is 23.6. The molecule has 4 atom stereocenters. The molecule has 4 unspecified atom stereocenters. The lowest BCUT2D eigenvalue weighted by molar-refractivity contribution is -0.150. The van der Waals surface area contributed by atoms with Gasteiger partial charge in [0.25, 0.3) is 0 Å². The highest BCUT2D eigenvalue weighted by Crippen LogP contribution is 2.18. The predicted octanol–water partition coefficient (Wildman–Crippen LogP) is -2.63. The normalized spacial score (nSPS) is 18.7. The summed E-state index contributed by atoms with van der Waals surface area (Å²) in [4.78, 5) is 61.0. The molecule has 12 nitrogen and oxygen atoms in total. The molecule has 1 saturated heterocycles. The van der Waals surface area contributed by atoms with Crippen LogP contribution >= 0.6 is 11.8 Å². The first-order valence-corrected chi connectivity index (χ1v) is 11.3. The topological polar surface area (TPSA) is 205 Å². The number of primary amides is 1. The van der Waals surface area contributed by atoms with E-state index in [1.54, 1.807) is 0 Å². The fourth-order valence-electron chi connectivity index (χ4n) is 3.16. The number of hydrogen-bond acceptors (Lipinski definition) is 8. The molecule has 31 heavy (non-hydrogen) atoms. The van der Waals surface area contributed by atoms with E-state index in [0.717, 1.165) is 4.90 Å². The number of nitrogens with two attached hydrogens (primary N) is 2. The Morgan fingerprint density at radius 3 is 2.32 bits per heavy atom. The first-order chi connectivity index (χ1) is 14.6. The van der Waals surface area contributed by atoms with E-state index in [1.807, 2.05) is 6.26 Å². The van der Waals surface area contributed by atoms with E-state index in [-0.39, 0.29) is 25.8 Å². The summed E-state index contributed by atoms with van der Waals surface area (Å²) < 4.78 is 0. The van der Waals surface area contributed by atoms with Gasteiger partial charge in [-0.1, -0.05) is 0 Å². The molecule has 4 amide bonds.